The molecule has 292 valence electrons. The van der Waals surface area contributed by atoms with Gasteiger partial charge in [0.15, 0.2) is 6.29 Å². The van der Waals surface area contributed by atoms with Gasteiger partial charge in [-0.3, -0.25) is 9.59 Å². The normalized spacial score (nSPS) is 49.0. The van der Waals surface area contributed by atoms with Crippen molar-refractivity contribution in [3.63, 3.8) is 0 Å². The number of cyclic esters (lactones) is 1. The third-order valence-electron chi connectivity index (χ3n) is 12.4. The van der Waals surface area contributed by atoms with E-state index in [0.29, 0.717) is 13.0 Å². The largest absolute Gasteiger partial charge is 0.459 e. The summed E-state index contributed by atoms with van der Waals surface area (Å²) in [4.78, 5) is 30.2. The van der Waals surface area contributed by atoms with Gasteiger partial charge in [-0.15, -0.1) is 0 Å². The lowest BCUT2D eigenvalue weighted by atomic mass is 9.71. The number of Topliss-reactive ketones (excluding diaryl/α,β-unsaturated/α-hetero) is 1. The Balaban J connectivity index is 2.17. The Morgan fingerprint density at radius 1 is 0.940 bits per heavy atom. The maximum Gasteiger partial charge on any atom is 0.311 e. The topological polar surface area (TPSA) is 153 Å². The third kappa shape index (κ3) is 9.28. The minimum atomic E-state index is -1.57. The van der Waals surface area contributed by atoms with E-state index in [0.717, 1.165) is 6.42 Å². The van der Waals surface area contributed by atoms with Gasteiger partial charge in [-0.1, -0.05) is 34.6 Å². The summed E-state index contributed by atoms with van der Waals surface area (Å²) in [6, 6.07) is -0.0181. The number of ether oxygens (including phenoxy) is 6. The number of carbonyl (C=O) groups is 2. The fraction of sp³-hybridized carbons (Fsp3) is 0.947. The molecule has 3 fully saturated rings. The number of nitrogens with zero attached hydrogens (tertiary/aromatic N) is 1. The molecule has 0 aromatic carbocycles. The Hall–Kier alpha value is -1.22. The van der Waals surface area contributed by atoms with Crippen LogP contribution < -0.4 is 0 Å². The number of carbonyl (C=O) groups excluding carboxylic acids is 2. The molecule has 0 aromatic rings. The van der Waals surface area contributed by atoms with Crippen LogP contribution >= 0.6 is 0 Å². The smallest absolute Gasteiger partial charge is 0.311 e. The Labute approximate surface area is 300 Å². The Kier molecular flexibility index (Phi) is 14.6. The molecule has 0 amide bonds. The number of ketones is 1. The highest BCUT2D eigenvalue weighted by molar-refractivity contribution is 5.83. The van der Waals surface area contributed by atoms with E-state index < -0.39 is 95.3 Å². The van der Waals surface area contributed by atoms with Crippen molar-refractivity contribution in [2.24, 2.45) is 29.6 Å². The first-order valence-corrected chi connectivity index (χ1v) is 18.7. The van der Waals surface area contributed by atoms with Crippen molar-refractivity contribution in [2.75, 3.05) is 27.8 Å². The zero-order valence-electron chi connectivity index (χ0n) is 33.2. The van der Waals surface area contributed by atoms with Crippen LogP contribution in [0.3, 0.4) is 0 Å². The molecule has 3 heterocycles. The fourth-order valence-electron chi connectivity index (χ4n) is 8.60. The van der Waals surface area contributed by atoms with Crippen LogP contribution in [0, 0.1) is 29.6 Å². The number of esters is 1. The van der Waals surface area contributed by atoms with E-state index in [-0.39, 0.29) is 30.8 Å². The molecule has 7 unspecified atom stereocenters. The molecule has 3 aliphatic rings. The monoisotopic (exact) mass is 715 g/mol. The molecule has 0 bridgehead atoms. The van der Waals surface area contributed by atoms with Gasteiger partial charge in [-0.2, -0.15) is 0 Å². The van der Waals surface area contributed by atoms with Crippen molar-refractivity contribution in [3.05, 3.63) is 0 Å². The lowest BCUT2D eigenvalue weighted by Gasteiger charge is -2.49. The van der Waals surface area contributed by atoms with Gasteiger partial charge in [-0.05, 0) is 80.8 Å². The van der Waals surface area contributed by atoms with E-state index in [1.807, 2.05) is 34.9 Å². The van der Waals surface area contributed by atoms with E-state index >= 15 is 0 Å². The average molecular weight is 716 g/mol. The third-order valence-corrected chi connectivity index (χ3v) is 12.4. The van der Waals surface area contributed by atoms with Gasteiger partial charge in [0, 0.05) is 37.3 Å². The Bertz CT molecular complexity index is 1130. The van der Waals surface area contributed by atoms with Crippen LogP contribution in [0.4, 0.5) is 0 Å². The number of likely N-dealkylation sites (N-methyl/N-ethyl adjacent to an activating group) is 1. The summed E-state index contributed by atoms with van der Waals surface area (Å²) >= 11 is 0. The minimum absolute atomic E-state index is 0.0181. The van der Waals surface area contributed by atoms with Crippen molar-refractivity contribution >= 4 is 11.8 Å². The molecule has 0 radical (unpaired) electrons. The average Bonchev–Trinajstić information content (AvgIpc) is 3.04. The van der Waals surface area contributed by atoms with Gasteiger partial charge in [0.1, 0.15) is 23.6 Å². The molecular weight excluding hydrogens is 646 g/mol. The SMILES string of the molecule is CC[C@H]1OC(=O)[C@H](C)[C@@H](OC2CC(C)(OC)C(O)C(C)O2)[C@H](C)[C@@H](OC2COC(C)CC2N(C)C)[C@](C)(O)C[C@@H](C)C(=O)[C@H](C)[C@@H](C)[C@]1(C)O. The van der Waals surface area contributed by atoms with E-state index in [1.54, 1.807) is 55.4 Å². The number of methoxy groups -OCH3 is 1. The highest BCUT2D eigenvalue weighted by Crippen LogP contribution is 2.41. The van der Waals surface area contributed by atoms with Crippen LogP contribution in [-0.2, 0) is 38.0 Å². The van der Waals surface area contributed by atoms with E-state index in [4.69, 9.17) is 28.4 Å². The molecule has 3 N–H and O–H groups in total. The summed E-state index contributed by atoms with van der Waals surface area (Å²) in [6.45, 7) is 20.0. The maximum atomic E-state index is 14.2. The number of hydrogen-bond acceptors (Lipinski definition) is 12. The summed E-state index contributed by atoms with van der Waals surface area (Å²) in [5.41, 5.74) is -4.07. The number of rotatable bonds is 7. The lowest BCUT2D eigenvalue weighted by Crippen LogP contribution is -2.60. The van der Waals surface area contributed by atoms with Crippen molar-refractivity contribution in [1.29, 1.82) is 0 Å². The van der Waals surface area contributed by atoms with Gasteiger partial charge in [0.2, 0.25) is 0 Å². The molecule has 3 saturated heterocycles. The predicted molar refractivity (Wildman–Crippen MR) is 188 cm³/mol. The number of aliphatic hydroxyl groups excluding tert-OH is 1. The summed E-state index contributed by atoms with van der Waals surface area (Å²) in [7, 11) is 5.51. The zero-order valence-corrected chi connectivity index (χ0v) is 33.2. The lowest BCUT2D eigenvalue weighted by molar-refractivity contribution is -0.302. The molecule has 0 aliphatic carbocycles. The summed E-state index contributed by atoms with van der Waals surface area (Å²) < 4.78 is 37.7. The first kappa shape index (κ1) is 43.2. The molecule has 50 heavy (non-hydrogen) atoms. The van der Waals surface area contributed by atoms with Crippen molar-refractivity contribution in [2.45, 2.75) is 174 Å². The molecular formula is C38H69NO11. The van der Waals surface area contributed by atoms with Gasteiger partial charge < -0.3 is 48.6 Å². The van der Waals surface area contributed by atoms with Crippen LogP contribution in [0.2, 0.25) is 0 Å². The molecule has 0 saturated carbocycles. The summed E-state index contributed by atoms with van der Waals surface area (Å²) in [5, 5.41) is 35.2. The van der Waals surface area contributed by atoms with Gasteiger partial charge >= 0.3 is 5.97 Å². The van der Waals surface area contributed by atoms with Gasteiger partial charge in [-0.25, -0.2) is 0 Å². The van der Waals surface area contributed by atoms with Crippen LogP contribution in [0.25, 0.3) is 0 Å². The van der Waals surface area contributed by atoms with E-state index in [2.05, 4.69) is 4.90 Å². The quantitative estimate of drug-likeness (QED) is 0.329. The molecule has 17 atom stereocenters. The molecule has 12 heteroatoms. The summed E-state index contributed by atoms with van der Waals surface area (Å²) in [5.74, 6) is -3.99. The van der Waals surface area contributed by atoms with Crippen molar-refractivity contribution in [3.8, 4) is 0 Å². The van der Waals surface area contributed by atoms with E-state index in [9.17, 15) is 24.9 Å². The van der Waals surface area contributed by atoms with Crippen LogP contribution in [-0.4, -0.2) is 132 Å². The Morgan fingerprint density at radius 2 is 1.56 bits per heavy atom. The summed E-state index contributed by atoms with van der Waals surface area (Å²) in [6.07, 6.45) is -4.30. The highest BCUT2D eigenvalue weighted by atomic mass is 16.7. The highest BCUT2D eigenvalue weighted by Gasteiger charge is 2.52. The standard InChI is InChI=1S/C38H69NO11/c1-15-29-38(11,44)25(7)22(4)31(40)20(2)17-36(9,43)34(48-28-19-46-21(3)16-27(28)39(12)13)23(5)32(24(6)35(42)49-29)50-30-18-37(10,45-14)33(41)26(8)47-30/h20-30,32-34,41,43-44H,15-19H2,1-14H3/t20-,21?,22-,23+,24-,25-,26?,27?,28?,29-,30?,32+,33?,34-,36-,37?,38+/m1/s1. The van der Waals surface area contributed by atoms with Crippen molar-refractivity contribution < 1.29 is 53.3 Å². The number of hydrogen-bond donors (Lipinski definition) is 3. The van der Waals surface area contributed by atoms with Crippen molar-refractivity contribution in [1.82, 2.24) is 4.90 Å². The van der Waals surface area contributed by atoms with Crippen LogP contribution in [0.5, 0.6) is 0 Å². The maximum absolute atomic E-state index is 14.2. The molecule has 0 spiro atoms. The second kappa shape index (κ2) is 16.8. The molecule has 3 aliphatic heterocycles. The first-order valence-electron chi connectivity index (χ1n) is 18.7. The Morgan fingerprint density at radius 3 is 2.12 bits per heavy atom. The molecule has 3 rings (SSSR count). The number of aliphatic hydroxyl groups is 3. The molecule has 12 nitrogen and oxygen atoms in total. The fourth-order valence-corrected chi connectivity index (χ4v) is 8.60. The van der Waals surface area contributed by atoms with Gasteiger partial charge in [0.25, 0.3) is 0 Å². The van der Waals surface area contributed by atoms with Gasteiger partial charge in [0.05, 0.1) is 54.2 Å². The second-order valence-corrected chi connectivity index (χ2v) is 16.7. The minimum Gasteiger partial charge on any atom is -0.459 e. The first-order chi connectivity index (χ1) is 23.0. The van der Waals surface area contributed by atoms with Crippen LogP contribution in [0.1, 0.15) is 102 Å². The predicted octanol–water partition coefficient (Wildman–Crippen LogP) is 3.74. The van der Waals surface area contributed by atoms with E-state index in [1.165, 1.54) is 7.11 Å². The molecule has 0 aromatic heterocycles. The second-order valence-electron chi connectivity index (χ2n) is 16.7. The van der Waals surface area contributed by atoms with Crippen LogP contribution in [0.15, 0.2) is 0 Å². The zero-order chi connectivity index (χ0) is 38.1.